The van der Waals surface area contributed by atoms with Crippen LogP contribution in [-0.2, 0) is 4.79 Å². The maximum atomic E-state index is 13.4. The van der Waals surface area contributed by atoms with Crippen molar-refractivity contribution in [2.45, 2.75) is 44.2 Å². The zero-order chi connectivity index (χ0) is 16.1. The van der Waals surface area contributed by atoms with Gasteiger partial charge in [0.25, 0.3) is 0 Å². The number of benzene rings is 1. The van der Waals surface area contributed by atoms with Crippen LogP contribution in [0.3, 0.4) is 0 Å². The zero-order valence-corrected chi connectivity index (χ0v) is 12.5. The van der Waals surface area contributed by atoms with E-state index in [1.165, 1.54) is 4.90 Å². The molecule has 2 aliphatic rings. The van der Waals surface area contributed by atoms with Crippen LogP contribution in [0, 0.1) is 17.0 Å². The van der Waals surface area contributed by atoms with Gasteiger partial charge in [-0.2, -0.15) is 0 Å². The molecule has 2 fully saturated rings. The molecule has 1 aliphatic heterocycles. The second-order valence-electron chi connectivity index (χ2n) is 6.96. The Balaban J connectivity index is 1.91. The van der Waals surface area contributed by atoms with E-state index >= 15 is 0 Å². The fourth-order valence-electron chi connectivity index (χ4n) is 4.13. The van der Waals surface area contributed by atoms with Gasteiger partial charge in [-0.25, -0.2) is 8.78 Å². The predicted octanol–water partition coefficient (Wildman–Crippen LogP) is 1.95. The molecule has 1 aromatic rings. The molecule has 1 saturated heterocycles. The third-order valence-electron chi connectivity index (χ3n) is 4.75. The van der Waals surface area contributed by atoms with Crippen molar-refractivity contribution >= 4 is 11.6 Å². The number of hydrogen-bond donors (Lipinski definition) is 2. The molecule has 120 valence electrons. The molecule has 0 aromatic heterocycles. The van der Waals surface area contributed by atoms with Crippen LogP contribution >= 0.6 is 0 Å². The van der Waals surface area contributed by atoms with E-state index in [0.29, 0.717) is 32.2 Å². The highest BCUT2D eigenvalue weighted by Gasteiger charge is 2.54. The van der Waals surface area contributed by atoms with Gasteiger partial charge in [-0.15, -0.1) is 0 Å². The lowest BCUT2D eigenvalue weighted by atomic mass is 9.65. The number of nitrogens with two attached hydrogens (primary N) is 1. The van der Waals surface area contributed by atoms with Crippen molar-refractivity contribution in [1.29, 1.82) is 0 Å². The second kappa shape index (κ2) is 4.99. The molecule has 1 spiro atoms. The number of nitrogens with zero attached hydrogens (tertiary/aromatic N) is 1. The van der Waals surface area contributed by atoms with Crippen LogP contribution in [0.2, 0.25) is 0 Å². The Hall–Kier alpha value is -1.53. The molecule has 1 saturated carbocycles. The van der Waals surface area contributed by atoms with Crippen LogP contribution in [0.15, 0.2) is 18.2 Å². The highest BCUT2D eigenvalue weighted by molar-refractivity contribution is 6.00. The fraction of sp³-hybridized carbons (Fsp3) is 0.562. The Morgan fingerprint density at radius 1 is 1.27 bits per heavy atom. The van der Waals surface area contributed by atoms with E-state index in [4.69, 9.17) is 5.73 Å². The molecule has 3 atom stereocenters. The Morgan fingerprint density at radius 2 is 1.91 bits per heavy atom. The van der Waals surface area contributed by atoms with Gasteiger partial charge in [0.05, 0.1) is 11.0 Å². The van der Waals surface area contributed by atoms with Gasteiger partial charge in [0.15, 0.2) is 0 Å². The molecular formula is C16H20F2N2O2. The molecule has 3 rings (SSSR count). The summed E-state index contributed by atoms with van der Waals surface area (Å²) < 4.78 is 26.8. The summed E-state index contributed by atoms with van der Waals surface area (Å²) in [6.07, 6.45) is 1.82. The van der Waals surface area contributed by atoms with Gasteiger partial charge in [-0.3, -0.25) is 4.79 Å². The average molecular weight is 310 g/mol. The van der Waals surface area contributed by atoms with Crippen LogP contribution in [0.5, 0.6) is 0 Å². The first-order valence-electron chi connectivity index (χ1n) is 7.47. The lowest BCUT2D eigenvalue weighted by Gasteiger charge is -2.43. The first-order valence-corrected chi connectivity index (χ1v) is 7.47. The maximum absolute atomic E-state index is 13.4. The topological polar surface area (TPSA) is 66.6 Å². The number of carbonyl (C=O) groups excluding carboxylic acids is 1. The average Bonchev–Trinajstić information content (AvgIpc) is 2.62. The standard InChI is InChI=1S/C16H20F2N2O2/c1-15(22)7-12(19)8-16(9-15)2-3-20(14(16)21)13-5-10(17)4-11(18)6-13/h4-6,12,22H,2-3,7-9,19H2,1H3. The summed E-state index contributed by atoms with van der Waals surface area (Å²) >= 11 is 0. The molecule has 6 heteroatoms. The van der Waals surface area contributed by atoms with E-state index < -0.39 is 22.7 Å². The highest BCUT2D eigenvalue weighted by Crippen LogP contribution is 2.48. The molecule has 0 radical (unpaired) electrons. The number of halogens is 2. The number of aliphatic hydroxyl groups is 1. The van der Waals surface area contributed by atoms with Crippen molar-refractivity contribution in [3.8, 4) is 0 Å². The van der Waals surface area contributed by atoms with E-state index in [9.17, 15) is 18.7 Å². The van der Waals surface area contributed by atoms with E-state index in [0.717, 1.165) is 18.2 Å². The molecule has 1 heterocycles. The predicted molar refractivity (Wildman–Crippen MR) is 78.2 cm³/mol. The summed E-state index contributed by atoms with van der Waals surface area (Å²) in [6, 6.07) is 2.83. The van der Waals surface area contributed by atoms with E-state index in [1.807, 2.05) is 0 Å². The van der Waals surface area contributed by atoms with Gasteiger partial charge in [0, 0.05) is 24.3 Å². The van der Waals surface area contributed by atoms with Crippen molar-refractivity contribution in [1.82, 2.24) is 0 Å². The van der Waals surface area contributed by atoms with Crippen molar-refractivity contribution in [2.75, 3.05) is 11.4 Å². The Bertz CT molecular complexity index is 600. The minimum Gasteiger partial charge on any atom is -0.390 e. The number of hydrogen-bond acceptors (Lipinski definition) is 3. The van der Waals surface area contributed by atoms with Crippen LogP contribution in [0.25, 0.3) is 0 Å². The normalized spacial score (nSPS) is 35.4. The first kappa shape index (κ1) is 15.4. The van der Waals surface area contributed by atoms with E-state index in [1.54, 1.807) is 6.92 Å². The summed E-state index contributed by atoms with van der Waals surface area (Å²) in [4.78, 5) is 14.3. The van der Waals surface area contributed by atoms with Crippen molar-refractivity contribution in [2.24, 2.45) is 11.1 Å². The van der Waals surface area contributed by atoms with E-state index in [-0.39, 0.29) is 17.6 Å². The van der Waals surface area contributed by atoms with Crippen LogP contribution < -0.4 is 10.6 Å². The molecule has 0 bridgehead atoms. The molecule has 1 aromatic carbocycles. The molecule has 3 unspecified atom stereocenters. The minimum atomic E-state index is -0.990. The van der Waals surface area contributed by atoms with Gasteiger partial charge in [0.1, 0.15) is 11.6 Å². The van der Waals surface area contributed by atoms with Gasteiger partial charge in [0.2, 0.25) is 5.91 Å². The molecule has 4 nitrogen and oxygen atoms in total. The monoisotopic (exact) mass is 310 g/mol. The zero-order valence-electron chi connectivity index (χ0n) is 12.5. The summed E-state index contributed by atoms with van der Waals surface area (Å²) in [5.41, 5.74) is 4.51. The third-order valence-corrected chi connectivity index (χ3v) is 4.75. The van der Waals surface area contributed by atoms with Gasteiger partial charge < -0.3 is 15.7 Å². The van der Waals surface area contributed by atoms with Gasteiger partial charge >= 0.3 is 0 Å². The fourth-order valence-corrected chi connectivity index (χ4v) is 4.13. The molecule has 1 amide bonds. The molecule has 3 N–H and O–H groups in total. The second-order valence-corrected chi connectivity index (χ2v) is 6.96. The van der Waals surface area contributed by atoms with E-state index in [2.05, 4.69) is 0 Å². The Morgan fingerprint density at radius 3 is 2.50 bits per heavy atom. The Kier molecular flexibility index (Phi) is 3.49. The minimum absolute atomic E-state index is 0.201. The Labute approximate surface area is 127 Å². The van der Waals surface area contributed by atoms with Crippen LogP contribution in [0.1, 0.15) is 32.6 Å². The van der Waals surface area contributed by atoms with Gasteiger partial charge in [-0.05, 0) is 44.7 Å². The van der Waals surface area contributed by atoms with Crippen molar-refractivity contribution in [3.63, 3.8) is 0 Å². The van der Waals surface area contributed by atoms with Crippen LogP contribution in [-0.4, -0.2) is 29.2 Å². The van der Waals surface area contributed by atoms with Gasteiger partial charge in [-0.1, -0.05) is 0 Å². The lowest BCUT2D eigenvalue weighted by molar-refractivity contribution is -0.133. The summed E-state index contributed by atoms with van der Waals surface area (Å²) in [6.45, 7) is 2.07. The number of anilines is 1. The highest BCUT2D eigenvalue weighted by atomic mass is 19.1. The van der Waals surface area contributed by atoms with Crippen molar-refractivity contribution < 1.29 is 18.7 Å². The summed E-state index contributed by atoms with van der Waals surface area (Å²) in [7, 11) is 0. The molecule has 1 aliphatic carbocycles. The summed E-state index contributed by atoms with van der Waals surface area (Å²) in [5.74, 6) is -1.62. The quantitative estimate of drug-likeness (QED) is 0.833. The lowest BCUT2D eigenvalue weighted by Crippen LogP contribution is -2.51. The SMILES string of the molecule is CC1(O)CC(N)CC2(CCN(c3cc(F)cc(F)c3)C2=O)C1. The molecular weight excluding hydrogens is 290 g/mol. The largest absolute Gasteiger partial charge is 0.390 e. The number of amides is 1. The first-order chi connectivity index (χ1) is 10.2. The third kappa shape index (κ3) is 2.61. The number of carbonyl (C=O) groups is 1. The smallest absolute Gasteiger partial charge is 0.233 e. The molecule has 22 heavy (non-hydrogen) atoms. The maximum Gasteiger partial charge on any atom is 0.233 e. The van der Waals surface area contributed by atoms with Crippen molar-refractivity contribution in [3.05, 3.63) is 29.8 Å². The number of rotatable bonds is 1. The summed E-state index contributed by atoms with van der Waals surface area (Å²) in [5, 5.41) is 10.4. The van der Waals surface area contributed by atoms with Crippen LogP contribution in [0.4, 0.5) is 14.5 Å².